The van der Waals surface area contributed by atoms with Gasteiger partial charge in [0.05, 0.1) is 17.1 Å². The maximum absolute atomic E-state index is 12.1. The molecule has 3 aromatic rings. The Hall–Kier alpha value is -2.60. The molecule has 166 valence electrons. The van der Waals surface area contributed by atoms with Crippen LogP contribution in [0.1, 0.15) is 62.6 Å². The van der Waals surface area contributed by atoms with Gasteiger partial charge in [-0.1, -0.05) is 17.4 Å². The fourth-order valence-corrected chi connectivity index (χ4v) is 7.88. The Balaban J connectivity index is 1.32. The lowest BCUT2D eigenvalue weighted by molar-refractivity contribution is -0.00611. The highest BCUT2D eigenvalue weighted by Crippen LogP contribution is 2.62. The van der Waals surface area contributed by atoms with Crippen LogP contribution >= 0.6 is 11.3 Å². The van der Waals surface area contributed by atoms with Crippen LogP contribution in [-0.4, -0.2) is 19.8 Å². The van der Waals surface area contributed by atoms with Crippen LogP contribution in [0.2, 0.25) is 0 Å². The van der Waals surface area contributed by atoms with Crippen molar-refractivity contribution >= 4 is 11.3 Å². The molecule has 4 saturated carbocycles. The standard InChI is InChI=1S/C26H28N2O3S/c1-15(28-24(30)14-32-25(28)31)20-2-4-22(27-13-20)19-3-5-23(29)21(9-19)26-10-16-6-17(11-26)8-18(7-16)12-26/h2-5,9,13-18,29-30H,6-8,10-12H2,1H3. The average molecular weight is 449 g/mol. The first-order chi connectivity index (χ1) is 15.4. The molecule has 2 heterocycles. The van der Waals surface area contributed by atoms with E-state index in [0.717, 1.165) is 51.5 Å². The largest absolute Gasteiger partial charge is 0.508 e. The summed E-state index contributed by atoms with van der Waals surface area (Å²) < 4.78 is 1.38. The minimum atomic E-state index is -0.294. The van der Waals surface area contributed by atoms with Crippen LogP contribution in [-0.2, 0) is 5.41 Å². The van der Waals surface area contributed by atoms with Gasteiger partial charge >= 0.3 is 4.87 Å². The summed E-state index contributed by atoms with van der Waals surface area (Å²) in [5, 5.41) is 22.3. The SMILES string of the molecule is CC(c1ccc(-c2ccc(O)c(C34CC5CC(CC(C5)C3)C4)c2)nc1)n1c(O)csc1=O. The second kappa shape index (κ2) is 7.20. The second-order valence-corrected chi connectivity index (χ2v) is 11.1. The van der Waals surface area contributed by atoms with Crippen molar-refractivity contribution in [2.45, 2.75) is 56.9 Å². The van der Waals surface area contributed by atoms with Gasteiger partial charge in [0.1, 0.15) is 5.75 Å². The van der Waals surface area contributed by atoms with E-state index < -0.39 is 0 Å². The summed E-state index contributed by atoms with van der Waals surface area (Å²) >= 11 is 0.994. The first-order valence-electron chi connectivity index (χ1n) is 11.6. The Labute approximate surface area is 191 Å². The van der Waals surface area contributed by atoms with Crippen molar-refractivity contribution in [2.75, 3.05) is 0 Å². The molecular formula is C26H28N2O3S. The van der Waals surface area contributed by atoms with Crippen LogP contribution in [0.3, 0.4) is 0 Å². The van der Waals surface area contributed by atoms with Gasteiger partial charge in [0.25, 0.3) is 0 Å². The summed E-state index contributed by atoms with van der Waals surface area (Å²) in [4.78, 5) is 16.6. The lowest BCUT2D eigenvalue weighted by atomic mass is 9.48. The highest BCUT2D eigenvalue weighted by molar-refractivity contribution is 7.07. The molecule has 4 bridgehead atoms. The molecule has 4 aliphatic rings. The van der Waals surface area contributed by atoms with Crippen molar-refractivity contribution in [3.63, 3.8) is 0 Å². The molecule has 5 nitrogen and oxygen atoms in total. The van der Waals surface area contributed by atoms with Gasteiger partial charge in [-0.2, -0.15) is 0 Å². The van der Waals surface area contributed by atoms with Crippen LogP contribution in [0.4, 0.5) is 0 Å². The number of hydrogen-bond donors (Lipinski definition) is 2. The molecule has 0 amide bonds. The Bertz CT molecular complexity index is 1190. The smallest absolute Gasteiger partial charge is 0.310 e. The maximum atomic E-state index is 12.1. The van der Waals surface area contributed by atoms with Gasteiger partial charge in [-0.25, -0.2) is 0 Å². The average Bonchev–Trinajstić information content (AvgIpc) is 3.10. The number of aromatic nitrogens is 2. The molecule has 0 radical (unpaired) electrons. The third-order valence-corrected chi connectivity index (χ3v) is 8.99. The number of benzene rings is 1. The zero-order valence-corrected chi connectivity index (χ0v) is 19.0. The fraction of sp³-hybridized carbons (Fsp3) is 0.462. The number of hydrogen-bond acceptors (Lipinski definition) is 5. The van der Waals surface area contributed by atoms with Crippen molar-refractivity contribution in [2.24, 2.45) is 17.8 Å². The number of aromatic hydroxyl groups is 2. The molecule has 0 saturated heterocycles. The van der Waals surface area contributed by atoms with Gasteiger partial charge in [-0.05, 0) is 98.4 Å². The third kappa shape index (κ3) is 3.11. The van der Waals surface area contributed by atoms with Crippen LogP contribution in [0.25, 0.3) is 11.3 Å². The number of thiazole rings is 1. The number of rotatable bonds is 4. The first kappa shape index (κ1) is 20.0. The van der Waals surface area contributed by atoms with Gasteiger partial charge < -0.3 is 10.2 Å². The highest BCUT2D eigenvalue weighted by Gasteiger charge is 2.52. The van der Waals surface area contributed by atoms with Crippen molar-refractivity contribution < 1.29 is 10.2 Å². The third-order valence-electron chi connectivity index (χ3n) is 8.27. The van der Waals surface area contributed by atoms with E-state index in [-0.39, 0.29) is 22.2 Å². The van der Waals surface area contributed by atoms with E-state index in [1.807, 2.05) is 31.2 Å². The molecule has 0 aliphatic heterocycles. The summed E-state index contributed by atoms with van der Waals surface area (Å²) in [5.41, 5.74) is 3.98. The van der Waals surface area contributed by atoms with Gasteiger partial charge in [0, 0.05) is 17.3 Å². The van der Waals surface area contributed by atoms with Crippen LogP contribution in [0.5, 0.6) is 11.6 Å². The molecular weight excluding hydrogens is 420 g/mol. The normalized spacial score (nSPS) is 29.3. The predicted molar refractivity (Wildman–Crippen MR) is 125 cm³/mol. The van der Waals surface area contributed by atoms with E-state index in [2.05, 4.69) is 11.1 Å². The van der Waals surface area contributed by atoms with Gasteiger partial charge in [-0.15, -0.1) is 0 Å². The second-order valence-electron chi connectivity index (χ2n) is 10.3. The minimum Gasteiger partial charge on any atom is -0.508 e. The zero-order chi connectivity index (χ0) is 22.0. The zero-order valence-electron chi connectivity index (χ0n) is 18.2. The first-order valence-corrected chi connectivity index (χ1v) is 12.5. The topological polar surface area (TPSA) is 75.3 Å². The number of phenols is 1. The summed E-state index contributed by atoms with van der Waals surface area (Å²) in [5.74, 6) is 2.86. The van der Waals surface area contributed by atoms with Gasteiger partial charge in [0.2, 0.25) is 5.88 Å². The van der Waals surface area contributed by atoms with Crippen LogP contribution in [0.15, 0.2) is 46.7 Å². The van der Waals surface area contributed by atoms with Crippen molar-refractivity contribution in [1.82, 2.24) is 9.55 Å². The fourth-order valence-electron chi connectivity index (χ4n) is 7.20. The van der Waals surface area contributed by atoms with E-state index in [9.17, 15) is 15.0 Å². The molecule has 32 heavy (non-hydrogen) atoms. The number of nitrogens with zero attached hydrogens (tertiary/aromatic N) is 2. The Kier molecular flexibility index (Phi) is 4.51. The number of pyridine rings is 1. The maximum Gasteiger partial charge on any atom is 0.310 e. The van der Waals surface area contributed by atoms with E-state index in [1.165, 1.54) is 48.5 Å². The monoisotopic (exact) mass is 448 g/mol. The number of phenolic OH excluding ortho intramolecular Hbond substituents is 1. The molecule has 6 heteroatoms. The molecule has 0 spiro atoms. The molecule has 2 aromatic heterocycles. The summed E-state index contributed by atoms with van der Waals surface area (Å²) in [6.45, 7) is 1.89. The molecule has 2 N–H and O–H groups in total. The quantitative estimate of drug-likeness (QED) is 0.556. The summed E-state index contributed by atoms with van der Waals surface area (Å²) in [7, 11) is 0. The van der Waals surface area contributed by atoms with Gasteiger partial charge in [-0.3, -0.25) is 14.3 Å². The lowest BCUT2D eigenvalue weighted by Crippen LogP contribution is -2.48. The van der Waals surface area contributed by atoms with Crippen molar-refractivity contribution in [1.29, 1.82) is 0 Å². The molecule has 1 aromatic carbocycles. The Morgan fingerprint density at radius 2 is 1.75 bits per heavy atom. The highest BCUT2D eigenvalue weighted by atomic mass is 32.1. The van der Waals surface area contributed by atoms with E-state index in [1.54, 1.807) is 6.20 Å². The van der Waals surface area contributed by atoms with Crippen molar-refractivity contribution in [3.05, 3.63) is 62.7 Å². The molecule has 4 fully saturated rings. The molecule has 4 aliphatic carbocycles. The molecule has 7 rings (SSSR count). The summed E-state index contributed by atoms with van der Waals surface area (Å²) in [6, 6.07) is 9.59. The minimum absolute atomic E-state index is 0.0182. The van der Waals surface area contributed by atoms with E-state index in [4.69, 9.17) is 0 Å². The molecule has 1 unspecified atom stereocenters. The van der Waals surface area contributed by atoms with Crippen molar-refractivity contribution in [3.8, 4) is 22.9 Å². The molecule has 1 atom stereocenters. The Morgan fingerprint density at radius 1 is 1.06 bits per heavy atom. The Morgan fingerprint density at radius 3 is 2.31 bits per heavy atom. The lowest BCUT2D eigenvalue weighted by Gasteiger charge is -2.57. The van der Waals surface area contributed by atoms with E-state index in [0.29, 0.717) is 5.75 Å². The van der Waals surface area contributed by atoms with Crippen LogP contribution in [0, 0.1) is 17.8 Å². The predicted octanol–water partition coefficient (Wildman–Crippen LogP) is 5.46. The summed E-state index contributed by atoms with van der Waals surface area (Å²) in [6.07, 6.45) is 9.54. The van der Waals surface area contributed by atoms with E-state index >= 15 is 0 Å². The van der Waals surface area contributed by atoms with Crippen LogP contribution < -0.4 is 4.87 Å². The van der Waals surface area contributed by atoms with Gasteiger partial charge in [0.15, 0.2) is 0 Å².